The lowest BCUT2D eigenvalue weighted by Gasteiger charge is -2.54. The number of ether oxygens (including phenoxy) is 5. The van der Waals surface area contributed by atoms with Gasteiger partial charge in [-0.15, -0.1) is 0 Å². The van der Waals surface area contributed by atoms with Crippen molar-refractivity contribution in [2.24, 2.45) is 53.1 Å². The average molecular weight is 1700 g/mol. The number of imide groups is 1. The maximum Gasteiger partial charge on any atom is 0.325 e. The highest BCUT2D eigenvalue weighted by Crippen LogP contribution is 2.58. The van der Waals surface area contributed by atoms with Gasteiger partial charge in [0, 0.05) is 67.6 Å². The number of aliphatic hydroxyl groups is 5. The van der Waals surface area contributed by atoms with Gasteiger partial charge in [0.05, 0.1) is 34.7 Å². The number of hydrogen-bond acceptors (Lipinski definition) is 25. The summed E-state index contributed by atoms with van der Waals surface area (Å²) in [5, 5.41) is 110. The summed E-state index contributed by atoms with van der Waals surface area (Å²) in [5.74, 6) is -15.9. The van der Waals surface area contributed by atoms with E-state index in [1.54, 1.807) is 6.92 Å². The fourth-order valence-corrected chi connectivity index (χ4v) is 18.7. The molecule has 32 nitrogen and oxygen atoms in total. The molecule has 119 heavy (non-hydrogen) atoms. The monoisotopic (exact) mass is 1700 g/mol. The SMILES string of the molecule is CC[C@H](CC(C)C)C(=O)N[C@H]1C(=O)C[C@@H](CC(=O)NC(=O)Nc2ccc(OCCCNS(C)(=O)=O)cc2)C(=O)N[C@H]2C(=O)C[C@H]3C(=O)N[C@H](C(=O)N[C@H](C(=O)CC4C5CC6CC(C5)CC4C6)c4cc(O)cc(O)c4-c4cc3ccc4O)[C@H](O)c3ccc(c(Cl)c3)Oc3cc2cc(c3O[C@@H]2O[C@H](CN)[C@@H](O)[C@H](O)[C@H]2O)Oc2ccc(cc2Cl)[C@H]1O. The Kier molecular flexibility index (Phi) is 26.6. The van der Waals surface area contributed by atoms with Crippen LogP contribution in [0.25, 0.3) is 11.1 Å². The molecule has 6 aliphatic heterocycles. The summed E-state index contributed by atoms with van der Waals surface area (Å²) in [5.41, 5.74) is 4.47. The zero-order valence-corrected chi connectivity index (χ0v) is 67.6. The fraction of sp³-hybridized carbons (Fsp3) is 0.464. The Morgan fingerprint density at radius 2 is 1.31 bits per heavy atom. The van der Waals surface area contributed by atoms with Crippen molar-refractivity contribution in [3.8, 4) is 62.9 Å². The summed E-state index contributed by atoms with van der Waals surface area (Å²) in [7, 11) is -3.45. The second kappa shape index (κ2) is 36.5. The van der Waals surface area contributed by atoms with Crippen LogP contribution in [0.2, 0.25) is 10.0 Å². The van der Waals surface area contributed by atoms with Crippen LogP contribution in [0, 0.1) is 47.3 Å². The third kappa shape index (κ3) is 19.7. The highest BCUT2D eigenvalue weighted by molar-refractivity contribution is 7.88. The van der Waals surface area contributed by atoms with Crippen LogP contribution < -0.4 is 61.3 Å². The van der Waals surface area contributed by atoms with Crippen LogP contribution in [0.3, 0.4) is 0 Å². The van der Waals surface area contributed by atoms with Gasteiger partial charge >= 0.3 is 6.03 Å². The molecular weight excluding hydrogens is 1610 g/mol. The minimum Gasteiger partial charge on any atom is -0.508 e. The molecule has 4 saturated carbocycles. The minimum atomic E-state index is -3.45. The predicted molar refractivity (Wildman–Crippen MR) is 428 cm³/mol. The first kappa shape index (κ1) is 86.8. The van der Waals surface area contributed by atoms with Crippen molar-refractivity contribution in [1.82, 2.24) is 31.3 Å². The van der Waals surface area contributed by atoms with E-state index in [1.807, 2.05) is 13.8 Å². The second-order valence-electron chi connectivity index (χ2n) is 32.4. The van der Waals surface area contributed by atoms with Crippen LogP contribution in [0.4, 0.5) is 10.5 Å². The molecule has 0 radical (unpaired) electrons. The summed E-state index contributed by atoms with van der Waals surface area (Å²) in [4.78, 5) is 138. The highest BCUT2D eigenvalue weighted by atomic mass is 35.5. The molecule has 4 aliphatic carbocycles. The Labute approximate surface area is 694 Å². The van der Waals surface area contributed by atoms with Crippen LogP contribution >= 0.6 is 23.2 Å². The smallest absolute Gasteiger partial charge is 0.325 e. The van der Waals surface area contributed by atoms with Crippen LogP contribution in [0.5, 0.6) is 51.7 Å². The fourth-order valence-electron chi connectivity index (χ4n) is 17.8. The van der Waals surface area contributed by atoms with E-state index >= 15 is 28.8 Å². The third-order valence-electron chi connectivity index (χ3n) is 23.5. The van der Waals surface area contributed by atoms with Crippen molar-refractivity contribution >= 4 is 91.8 Å². The Bertz CT molecular complexity index is 5010. The number of hydrogen-bond donors (Lipinski definition) is 16. The molecule has 35 heteroatoms. The summed E-state index contributed by atoms with van der Waals surface area (Å²) in [6, 6.07) is 11.6. The van der Waals surface area contributed by atoms with E-state index < -0.39 is 208 Å². The van der Waals surface area contributed by atoms with Gasteiger partial charge in [0.1, 0.15) is 95.3 Å². The van der Waals surface area contributed by atoms with Crippen LogP contribution in [0.15, 0.2) is 103 Å². The number of ketones is 3. The molecule has 14 atom stereocenters. The van der Waals surface area contributed by atoms with Crippen LogP contribution in [-0.2, 0) is 53.1 Å². The van der Waals surface area contributed by atoms with E-state index in [1.165, 1.54) is 66.7 Å². The number of amides is 7. The van der Waals surface area contributed by atoms with Gasteiger partial charge in [0.2, 0.25) is 51.6 Å². The van der Waals surface area contributed by atoms with Crippen molar-refractivity contribution in [2.45, 2.75) is 171 Å². The molecule has 15 bridgehead atoms. The quantitative estimate of drug-likeness (QED) is 0.0331. The van der Waals surface area contributed by atoms with E-state index in [2.05, 4.69) is 36.6 Å². The second-order valence-corrected chi connectivity index (χ2v) is 35.1. The van der Waals surface area contributed by atoms with Crippen molar-refractivity contribution in [2.75, 3.05) is 31.3 Å². The standard InChI is InChI=1S/C84H96Cl2N8O24S/c1-5-40(19-37(2)3)79(107)93-71-59(98)28-47(31-67(101)90-84(111)89-48-10-12-50(13-11-48)114-18-6-17-88-119(4,112)113)80(108)91-69-46-29-64(115-62-15-8-42(73(71)102)26-55(62)85)78(118-83-77(106)76(105)75(104)66(36-87)117-83)65(30-46)116-63-16-9-43(27-56(63)86)74(103)72-82(110)92-70(61(100)34-51-44-21-38-20-39(23-44)24-45(51)22-38)54-32-49(95)33-58(97)68(54)53-25-41(7-14-57(53)96)52(35-60(69)99)81(109)94-72/h7-16,25-27,29-30,32-33,37-40,44-45,47,51-52,66,69-77,83,88,95-97,102-106H,5-6,17-24,28,31,34-36,87H2,1-4H3,(H,91,108)(H,92,110)(H,93,107)(H,94,109)(H2,89,90,101,111)/t38?,39?,40-,44?,45?,47+,51?,52-,66-,69-,70+,71+,72+,73-,74-,75-,76+,77-,83+/m1/s1. The number of benzene rings is 6. The molecule has 0 spiro atoms. The number of anilines is 1. The zero-order chi connectivity index (χ0) is 85.3. The molecule has 5 fully saturated rings. The number of carbonyl (C=O) groups is 9. The van der Waals surface area contributed by atoms with Gasteiger partial charge < -0.3 is 96.9 Å². The molecule has 7 amide bonds. The number of nitrogens with one attached hydrogen (secondary N) is 7. The minimum absolute atomic E-state index is 0.0536. The van der Waals surface area contributed by atoms with Gasteiger partial charge in [0.25, 0.3) is 0 Å². The first-order valence-electron chi connectivity index (χ1n) is 39.6. The summed E-state index contributed by atoms with van der Waals surface area (Å²) < 4.78 is 56.9. The summed E-state index contributed by atoms with van der Waals surface area (Å²) in [6.45, 7) is 5.21. The summed E-state index contributed by atoms with van der Waals surface area (Å²) >= 11 is 14.3. The maximum absolute atomic E-state index is 16.6. The number of fused-ring (bicyclic) bond motifs is 15. The number of rotatable bonds is 20. The average Bonchev–Trinajstić information content (AvgIpc) is 0.761. The molecule has 0 unspecified atom stereocenters. The van der Waals surface area contributed by atoms with Gasteiger partial charge in [0.15, 0.2) is 28.8 Å². The number of phenols is 3. The van der Waals surface area contributed by atoms with Gasteiger partial charge in [-0.3, -0.25) is 43.7 Å². The van der Waals surface area contributed by atoms with E-state index in [4.69, 9.17) is 52.6 Å². The number of nitrogens with two attached hydrogens (primary N) is 1. The number of phenolic OH excluding ortho intramolecular Hbond substituents is 3. The number of sulfonamides is 1. The Balaban J connectivity index is 0.963. The number of halogens is 2. The number of aromatic hydroxyl groups is 3. The van der Waals surface area contributed by atoms with E-state index in [9.17, 15) is 63.7 Å². The van der Waals surface area contributed by atoms with Gasteiger partial charge in [-0.05, 0) is 194 Å². The largest absolute Gasteiger partial charge is 0.508 e. The van der Waals surface area contributed by atoms with Crippen LogP contribution in [0.1, 0.15) is 156 Å². The number of Topliss-reactive ketones (excluding diaryl/α,β-unsaturated/α-hetero) is 3. The van der Waals surface area contributed by atoms with Gasteiger partial charge in [-0.1, -0.05) is 62.2 Å². The Morgan fingerprint density at radius 3 is 1.92 bits per heavy atom. The predicted octanol–water partition coefficient (Wildman–Crippen LogP) is 7.38. The van der Waals surface area contributed by atoms with E-state index in [0.29, 0.717) is 30.4 Å². The number of carbonyl (C=O) groups excluding carboxylic acids is 9. The summed E-state index contributed by atoms with van der Waals surface area (Å²) in [6.07, 6.45) is -10.2. The van der Waals surface area contributed by atoms with E-state index in [-0.39, 0.29) is 116 Å². The Morgan fingerprint density at radius 1 is 0.672 bits per heavy atom. The maximum atomic E-state index is 16.6. The normalized spacial score (nSPS) is 27.6. The lowest BCUT2D eigenvalue weighted by Crippen LogP contribution is -2.60. The molecule has 636 valence electrons. The van der Waals surface area contributed by atoms with Gasteiger partial charge in [-0.25, -0.2) is 17.9 Å². The molecule has 16 rings (SSSR count). The molecular formula is C84H96Cl2N8O24S. The van der Waals surface area contributed by atoms with Crippen molar-refractivity contribution < 1.29 is 116 Å². The number of aliphatic hydroxyl groups excluding tert-OH is 5. The highest BCUT2D eigenvalue weighted by Gasteiger charge is 2.51. The number of urea groups is 1. The topological polar surface area (TPSA) is 506 Å². The lowest BCUT2D eigenvalue weighted by molar-refractivity contribution is -0.270. The zero-order valence-electron chi connectivity index (χ0n) is 65.3. The third-order valence-corrected chi connectivity index (χ3v) is 24.8. The first-order valence-corrected chi connectivity index (χ1v) is 42.3. The molecule has 6 aromatic rings. The lowest BCUT2D eigenvalue weighted by atomic mass is 9.51. The molecule has 6 heterocycles. The van der Waals surface area contributed by atoms with Crippen molar-refractivity contribution in [1.29, 1.82) is 0 Å². The Hall–Kier alpha value is -10.0. The molecule has 10 aliphatic rings. The molecule has 1 saturated heterocycles. The van der Waals surface area contributed by atoms with Crippen molar-refractivity contribution in [3.63, 3.8) is 0 Å². The van der Waals surface area contributed by atoms with Crippen molar-refractivity contribution in [3.05, 3.63) is 141 Å². The molecule has 17 N–H and O–H groups in total. The van der Waals surface area contributed by atoms with Gasteiger partial charge in [-0.2, -0.15) is 0 Å². The first-order chi connectivity index (χ1) is 56.6. The van der Waals surface area contributed by atoms with E-state index in [0.717, 1.165) is 74.8 Å². The van der Waals surface area contributed by atoms with Crippen LogP contribution in [-0.4, -0.2) is 171 Å². The molecule has 0 aromatic heterocycles. The molecule has 6 aromatic carbocycles.